The van der Waals surface area contributed by atoms with Crippen LogP contribution in [0.3, 0.4) is 0 Å². The van der Waals surface area contributed by atoms with E-state index in [0.29, 0.717) is 30.6 Å². The van der Waals surface area contributed by atoms with Crippen LogP contribution in [-0.2, 0) is 4.79 Å². The summed E-state index contributed by atoms with van der Waals surface area (Å²) in [6.45, 7) is 0.483. The van der Waals surface area contributed by atoms with Gasteiger partial charge in [-0.1, -0.05) is 12.1 Å². The minimum Gasteiger partial charge on any atom is -0.398 e. The number of rotatable bonds is 2. The van der Waals surface area contributed by atoms with Crippen LogP contribution in [0, 0.1) is 0 Å². The smallest absolute Gasteiger partial charge is 0.253 e. The molecule has 2 amide bonds. The van der Waals surface area contributed by atoms with Crippen LogP contribution in [0.25, 0.3) is 0 Å². The molecule has 17 heavy (non-hydrogen) atoms. The third-order valence-corrected chi connectivity index (χ3v) is 2.81. The van der Waals surface area contributed by atoms with Crippen LogP contribution in [0.1, 0.15) is 23.2 Å². The van der Waals surface area contributed by atoms with Crippen molar-refractivity contribution in [2.45, 2.75) is 18.9 Å². The summed E-state index contributed by atoms with van der Waals surface area (Å²) < 4.78 is 0. The molecule has 0 bridgehead atoms. The van der Waals surface area contributed by atoms with Crippen molar-refractivity contribution in [1.29, 1.82) is 0 Å². The van der Waals surface area contributed by atoms with Crippen molar-refractivity contribution in [1.82, 2.24) is 10.6 Å². The number of hydrogen-bond acceptors (Lipinski definition) is 3. The number of piperidine rings is 1. The highest BCUT2D eigenvalue weighted by Crippen LogP contribution is 2.11. The van der Waals surface area contributed by atoms with Gasteiger partial charge in [0.25, 0.3) is 5.91 Å². The van der Waals surface area contributed by atoms with E-state index in [2.05, 4.69) is 10.6 Å². The van der Waals surface area contributed by atoms with Gasteiger partial charge in [0.1, 0.15) is 0 Å². The number of nitrogen functional groups attached to an aromatic ring is 1. The summed E-state index contributed by atoms with van der Waals surface area (Å²) in [5.41, 5.74) is 6.66. The van der Waals surface area contributed by atoms with Crippen LogP contribution in [0.15, 0.2) is 24.3 Å². The molecule has 1 heterocycles. The highest BCUT2D eigenvalue weighted by atomic mass is 16.2. The summed E-state index contributed by atoms with van der Waals surface area (Å²) in [4.78, 5) is 22.9. The fourth-order valence-electron chi connectivity index (χ4n) is 1.82. The second-order valence-electron chi connectivity index (χ2n) is 4.10. The van der Waals surface area contributed by atoms with E-state index in [1.165, 1.54) is 0 Å². The van der Waals surface area contributed by atoms with Gasteiger partial charge in [-0.3, -0.25) is 9.59 Å². The van der Waals surface area contributed by atoms with Crippen molar-refractivity contribution in [2.75, 3.05) is 12.3 Å². The van der Waals surface area contributed by atoms with E-state index in [0.717, 1.165) is 0 Å². The highest BCUT2D eigenvalue weighted by molar-refractivity contribution is 5.99. The lowest BCUT2D eigenvalue weighted by atomic mass is 10.1. The molecule has 90 valence electrons. The van der Waals surface area contributed by atoms with Crippen LogP contribution < -0.4 is 16.4 Å². The monoisotopic (exact) mass is 233 g/mol. The van der Waals surface area contributed by atoms with Crippen molar-refractivity contribution in [3.05, 3.63) is 29.8 Å². The zero-order valence-corrected chi connectivity index (χ0v) is 9.40. The number of nitrogens with one attached hydrogen (secondary N) is 2. The van der Waals surface area contributed by atoms with Gasteiger partial charge in [0, 0.05) is 24.7 Å². The molecule has 1 fully saturated rings. The van der Waals surface area contributed by atoms with E-state index in [1.807, 2.05) is 0 Å². The lowest BCUT2D eigenvalue weighted by Gasteiger charge is -2.23. The van der Waals surface area contributed by atoms with Crippen LogP contribution in [0.5, 0.6) is 0 Å². The van der Waals surface area contributed by atoms with Crippen LogP contribution in [-0.4, -0.2) is 24.4 Å². The topological polar surface area (TPSA) is 84.2 Å². The first-order valence-electron chi connectivity index (χ1n) is 5.59. The van der Waals surface area contributed by atoms with Crippen LogP contribution in [0.4, 0.5) is 5.69 Å². The largest absolute Gasteiger partial charge is 0.398 e. The van der Waals surface area contributed by atoms with Crippen molar-refractivity contribution >= 4 is 17.5 Å². The minimum absolute atomic E-state index is 0.0141. The Kier molecular flexibility index (Phi) is 3.27. The predicted molar refractivity (Wildman–Crippen MR) is 64.4 cm³/mol. The molecule has 1 aromatic carbocycles. The molecule has 0 spiro atoms. The fraction of sp³-hybridized carbons (Fsp3) is 0.333. The molecule has 1 aromatic rings. The Balaban J connectivity index is 1.98. The van der Waals surface area contributed by atoms with Gasteiger partial charge in [0.2, 0.25) is 5.91 Å². The molecule has 4 N–H and O–H groups in total. The minimum atomic E-state index is -0.191. The molecule has 2 rings (SSSR count). The van der Waals surface area contributed by atoms with Crippen molar-refractivity contribution in [3.8, 4) is 0 Å². The number of carbonyl (C=O) groups excluding carboxylic acids is 2. The Bertz CT molecular complexity index is 435. The molecule has 5 nitrogen and oxygen atoms in total. The number of benzene rings is 1. The summed E-state index contributed by atoms with van der Waals surface area (Å²) in [5, 5.41) is 5.58. The maximum atomic E-state index is 11.9. The van der Waals surface area contributed by atoms with Gasteiger partial charge < -0.3 is 16.4 Å². The second-order valence-corrected chi connectivity index (χ2v) is 4.10. The molecule has 1 unspecified atom stereocenters. The first kappa shape index (κ1) is 11.4. The van der Waals surface area contributed by atoms with E-state index in [-0.39, 0.29) is 17.9 Å². The molecule has 1 saturated heterocycles. The third-order valence-electron chi connectivity index (χ3n) is 2.81. The summed E-state index contributed by atoms with van der Waals surface area (Å²) in [7, 11) is 0. The normalized spacial score (nSPS) is 19.5. The standard InChI is InChI=1S/C12H15N3O2/c13-10-4-2-1-3-9(10)12(17)15-8-5-6-11(16)14-7-8/h1-4,8H,5-7,13H2,(H,14,16)(H,15,17). The predicted octanol–water partition coefficient (Wildman–Crippen LogP) is 0.277. The summed E-state index contributed by atoms with van der Waals surface area (Å²) >= 11 is 0. The lowest BCUT2D eigenvalue weighted by molar-refractivity contribution is -0.122. The summed E-state index contributed by atoms with van der Waals surface area (Å²) in [6, 6.07) is 6.92. The number of anilines is 1. The van der Waals surface area contributed by atoms with Gasteiger partial charge in [-0.2, -0.15) is 0 Å². The number of hydrogen-bond donors (Lipinski definition) is 3. The highest BCUT2D eigenvalue weighted by Gasteiger charge is 2.20. The zero-order chi connectivity index (χ0) is 12.3. The average molecular weight is 233 g/mol. The maximum absolute atomic E-state index is 11.9. The van der Waals surface area contributed by atoms with Gasteiger partial charge in [0.05, 0.1) is 5.56 Å². The zero-order valence-electron chi connectivity index (χ0n) is 9.40. The molecular weight excluding hydrogens is 218 g/mol. The molecular formula is C12H15N3O2. The Morgan fingerprint density at radius 1 is 1.41 bits per heavy atom. The molecule has 0 radical (unpaired) electrons. The Hall–Kier alpha value is -2.04. The van der Waals surface area contributed by atoms with Gasteiger partial charge >= 0.3 is 0 Å². The molecule has 0 aromatic heterocycles. The van der Waals surface area contributed by atoms with E-state index in [1.54, 1.807) is 24.3 Å². The van der Waals surface area contributed by atoms with Gasteiger partial charge in [-0.05, 0) is 18.6 Å². The molecule has 1 aliphatic rings. The Morgan fingerprint density at radius 3 is 2.82 bits per heavy atom. The lowest BCUT2D eigenvalue weighted by Crippen LogP contribution is -2.47. The number of nitrogens with two attached hydrogens (primary N) is 1. The maximum Gasteiger partial charge on any atom is 0.253 e. The molecule has 5 heteroatoms. The first-order chi connectivity index (χ1) is 8.16. The van der Waals surface area contributed by atoms with Crippen LogP contribution in [0.2, 0.25) is 0 Å². The van der Waals surface area contributed by atoms with Crippen molar-refractivity contribution in [2.24, 2.45) is 0 Å². The van der Waals surface area contributed by atoms with Gasteiger partial charge in [0.15, 0.2) is 0 Å². The van der Waals surface area contributed by atoms with Crippen molar-refractivity contribution < 1.29 is 9.59 Å². The van der Waals surface area contributed by atoms with Crippen LogP contribution >= 0.6 is 0 Å². The molecule has 0 saturated carbocycles. The quantitative estimate of drug-likeness (QED) is 0.641. The Labute approximate surface area is 99.4 Å². The second kappa shape index (κ2) is 4.86. The molecule has 0 aliphatic carbocycles. The average Bonchev–Trinajstić information content (AvgIpc) is 2.32. The van der Waals surface area contributed by atoms with E-state index < -0.39 is 0 Å². The third kappa shape index (κ3) is 2.75. The number of amides is 2. The molecule has 1 atom stereocenters. The number of carbonyl (C=O) groups is 2. The van der Waals surface area contributed by atoms with E-state index in [4.69, 9.17) is 5.73 Å². The Morgan fingerprint density at radius 2 is 2.18 bits per heavy atom. The fourth-order valence-corrected chi connectivity index (χ4v) is 1.82. The molecule has 1 aliphatic heterocycles. The van der Waals surface area contributed by atoms with Crippen molar-refractivity contribution in [3.63, 3.8) is 0 Å². The van der Waals surface area contributed by atoms with E-state index in [9.17, 15) is 9.59 Å². The SMILES string of the molecule is Nc1ccccc1C(=O)NC1CCC(=O)NC1. The number of para-hydroxylation sites is 1. The van der Waals surface area contributed by atoms with E-state index >= 15 is 0 Å². The van der Waals surface area contributed by atoms with Gasteiger partial charge in [-0.15, -0.1) is 0 Å². The van der Waals surface area contributed by atoms with Gasteiger partial charge in [-0.25, -0.2) is 0 Å². The summed E-state index contributed by atoms with van der Waals surface area (Å²) in [5.74, 6) is -0.154. The first-order valence-corrected chi connectivity index (χ1v) is 5.59. The summed E-state index contributed by atoms with van der Waals surface area (Å²) in [6.07, 6.45) is 1.12.